The highest BCUT2D eigenvalue weighted by atomic mass is 19.1. The maximum absolute atomic E-state index is 13.6. The van der Waals surface area contributed by atoms with Gasteiger partial charge < -0.3 is 4.98 Å². The van der Waals surface area contributed by atoms with Crippen LogP contribution in [-0.4, -0.2) is 4.98 Å². The van der Waals surface area contributed by atoms with E-state index in [-0.39, 0.29) is 11.2 Å². The number of rotatable bonds is 1. The van der Waals surface area contributed by atoms with Gasteiger partial charge in [0.15, 0.2) is 5.43 Å². The minimum atomic E-state index is -0.262. The van der Waals surface area contributed by atoms with Crippen LogP contribution in [0.4, 0.5) is 4.39 Å². The summed E-state index contributed by atoms with van der Waals surface area (Å²) >= 11 is 0. The topological polar surface area (TPSA) is 32.9 Å². The third kappa shape index (κ3) is 1.74. The smallest absolute Gasteiger partial charge is 0.189 e. The van der Waals surface area contributed by atoms with Crippen LogP contribution in [-0.2, 0) is 0 Å². The van der Waals surface area contributed by atoms with Gasteiger partial charge in [0.1, 0.15) is 5.82 Å². The van der Waals surface area contributed by atoms with Crippen LogP contribution < -0.4 is 5.43 Å². The van der Waals surface area contributed by atoms with Gasteiger partial charge in [-0.05, 0) is 37.8 Å². The number of hydrogen-bond donors (Lipinski definition) is 1. The molecule has 1 N–H and O–H groups in total. The summed E-state index contributed by atoms with van der Waals surface area (Å²) < 4.78 is 13.6. The van der Waals surface area contributed by atoms with Crippen molar-refractivity contribution in [3.63, 3.8) is 0 Å². The van der Waals surface area contributed by atoms with Gasteiger partial charge in [-0.3, -0.25) is 4.79 Å². The summed E-state index contributed by atoms with van der Waals surface area (Å²) in [5, 5.41) is 0.579. The summed E-state index contributed by atoms with van der Waals surface area (Å²) in [6, 6.07) is 4.62. The Morgan fingerprint density at radius 3 is 2.72 bits per heavy atom. The molecule has 0 bridgehead atoms. The van der Waals surface area contributed by atoms with Crippen LogP contribution in [0, 0.1) is 12.7 Å². The van der Waals surface area contributed by atoms with Crippen molar-refractivity contribution in [2.45, 2.75) is 38.5 Å². The molecule has 1 aromatic carbocycles. The van der Waals surface area contributed by atoms with Crippen LogP contribution >= 0.6 is 0 Å². The summed E-state index contributed by atoms with van der Waals surface area (Å²) in [6.45, 7) is 1.71. The van der Waals surface area contributed by atoms with Crippen LogP contribution in [0.2, 0.25) is 0 Å². The van der Waals surface area contributed by atoms with E-state index in [1.807, 2.05) is 0 Å². The molecule has 18 heavy (non-hydrogen) atoms. The van der Waals surface area contributed by atoms with Gasteiger partial charge in [-0.25, -0.2) is 4.39 Å². The average molecular weight is 245 g/mol. The molecule has 1 aromatic heterocycles. The Morgan fingerprint density at radius 1 is 1.28 bits per heavy atom. The summed E-state index contributed by atoms with van der Waals surface area (Å²) in [7, 11) is 0. The quantitative estimate of drug-likeness (QED) is 0.817. The maximum Gasteiger partial charge on any atom is 0.189 e. The van der Waals surface area contributed by atoms with E-state index in [1.54, 1.807) is 19.1 Å². The minimum absolute atomic E-state index is 0.00579. The zero-order chi connectivity index (χ0) is 12.7. The minimum Gasteiger partial charge on any atom is -0.358 e. The fraction of sp³-hybridized carbons (Fsp3) is 0.400. The van der Waals surface area contributed by atoms with Gasteiger partial charge in [0.25, 0.3) is 0 Å². The lowest BCUT2D eigenvalue weighted by Crippen LogP contribution is -2.08. The van der Waals surface area contributed by atoms with Crippen molar-refractivity contribution < 1.29 is 4.39 Å². The van der Waals surface area contributed by atoms with Gasteiger partial charge in [0.05, 0.1) is 5.52 Å². The van der Waals surface area contributed by atoms with Crippen LogP contribution in [0.5, 0.6) is 0 Å². The summed E-state index contributed by atoms with van der Waals surface area (Å²) in [5.41, 5.74) is 2.15. The van der Waals surface area contributed by atoms with Crippen molar-refractivity contribution in [1.82, 2.24) is 4.98 Å². The lowest BCUT2D eigenvalue weighted by Gasteiger charge is -2.12. The number of aromatic amines is 1. The number of aromatic nitrogens is 1. The molecule has 1 heterocycles. The van der Waals surface area contributed by atoms with Crippen molar-refractivity contribution in [2.75, 3.05) is 0 Å². The molecule has 0 saturated heterocycles. The van der Waals surface area contributed by atoms with Crippen molar-refractivity contribution >= 4 is 10.9 Å². The largest absolute Gasteiger partial charge is 0.358 e. The van der Waals surface area contributed by atoms with Crippen molar-refractivity contribution in [1.29, 1.82) is 0 Å². The number of aryl methyl sites for hydroxylation is 1. The third-order valence-electron chi connectivity index (χ3n) is 4.02. The van der Waals surface area contributed by atoms with Gasteiger partial charge in [-0.2, -0.15) is 0 Å². The molecule has 0 radical (unpaired) electrons. The van der Waals surface area contributed by atoms with Crippen LogP contribution in [0.1, 0.15) is 42.9 Å². The van der Waals surface area contributed by atoms with E-state index in [9.17, 15) is 9.18 Å². The molecular weight excluding hydrogens is 229 g/mol. The molecule has 0 unspecified atom stereocenters. The van der Waals surface area contributed by atoms with Gasteiger partial charge in [0.2, 0.25) is 0 Å². The molecule has 0 amide bonds. The highest BCUT2D eigenvalue weighted by Gasteiger charge is 2.19. The van der Waals surface area contributed by atoms with E-state index < -0.39 is 0 Å². The fourth-order valence-electron chi connectivity index (χ4n) is 2.91. The number of pyridine rings is 1. The molecular formula is C15H16FNO. The molecule has 3 rings (SSSR count). The first kappa shape index (κ1) is 11.5. The Kier molecular flexibility index (Phi) is 2.69. The summed E-state index contributed by atoms with van der Waals surface area (Å²) in [6.07, 6.45) is 4.67. The van der Waals surface area contributed by atoms with E-state index in [1.165, 1.54) is 18.9 Å². The molecule has 0 atom stereocenters. The monoisotopic (exact) mass is 245 g/mol. The molecule has 2 aromatic rings. The Hall–Kier alpha value is -1.64. The van der Waals surface area contributed by atoms with Gasteiger partial charge in [-0.15, -0.1) is 0 Å². The highest BCUT2D eigenvalue weighted by molar-refractivity contribution is 5.81. The molecule has 1 aliphatic rings. The standard InChI is InChI=1S/C15H16FNO/c1-9-12(16)7-6-11-14(18)8-13(17-15(9)11)10-4-2-3-5-10/h6-8,10H,2-5H2,1H3,(H,17,18). The molecule has 0 spiro atoms. The second-order valence-electron chi connectivity index (χ2n) is 5.17. The second kappa shape index (κ2) is 4.23. The van der Waals surface area contributed by atoms with Crippen LogP contribution in [0.15, 0.2) is 23.0 Å². The SMILES string of the molecule is Cc1c(F)ccc2c(=O)cc(C3CCCC3)[nH]c12. The first-order chi connectivity index (χ1) is 8.66. The molecule has 3 heteroatoms. The Morgan fingerprint density at radius 2 is 2.00 bits per heavy atom. The predicted molar refractivity (Wildman–Crippen MR) is 70.5 cm³/mol. The molecule has 1 saturated carbocycles. The summed E-state index contributed by atoms with van der Waals surface area (Å²) in [5.74, 6) is 0.173. The Labute approximate surface area is 105 Å². The first-order valence-corrected chi connectivity index (χ1v) is 6.49. The molecule has 2 nitrogen and oxygen atoms in total. The fourth-order valence-corrected chi connectivity index (χ4v) is 2.91. The highest BCUT2D eigenvalue weighted by Crippen LogP contribution is 2.33. The molecule has 1 aliphatic carbocycles. The lowest BCUT2D eigenvalue weighted by atomic mass is 10.0. The normalized spacial score (nSPS) is 16.6. The first-order valence-electron chi connectivity index (χ1n) is 6.49. The van der Waals surface area contributed by atoms with Crippen molar-refractivity contribution in [3.8, 4) is 0 Å². The lowest BCUT2D eigenvalue weighted by molar-refractivity contribution is 0.620. The average Bonchev–Trinajstić information content (AvgIpc) is 2.88. The maximum atomic E-state index is 13.6. The number of fused-ring (bicyclic) bond motifs is 1. The second-order valence-corrected chi connectivity index (χ2v) is 5.17. The van der Waals surface area contributed by atoms with Crippen LogP contribution in [0.25, 0.3) is 10.9 Å². The van der Waals surface area contributed by atoms with Gasteiger partial charge >= 0.3 is 0 Å². The molecule has 1 fully saturated rings. The predicted octanol–water partition coefficient (Wildman–Crippen LogP) is 3.63. The molecule has 94 valence electrons. The Balaban J connectivity index is 2.24. The number of nitrogens with one attached hydrogen (secondary N) is 1. The Bertz CT molecular complexity index is 653. The number of hydrogen-bond acceptors (Lipinski definition) is 1. The number of halogens is 1. The zero-order valence-electron chi connectivity index (χ0n) is 10.4. The van der Waals surface area contributed by atoms with Crippen LogP contribution in [0.3, 0.4) is 0 Å². The molecule has 0 aliphatic heterocycles. The van der Waals surface area contributed by atoms with E-state index in [4.69, 9.17) is 0 Å². The summed E-state index contributed by atoms with van der Waals surface area (Å²) in [4.78, 5) is 15.4. The van der Waals surface area contributed by atoms with Crippen molar-refractivity contribution in [2.24, 2.45) is 0 Å². The van der Waals surface area contributed by atoms with E-state index in [0.29, 0.717) is 22.4 Å². The van der Waals surface area contributed by atoms with E-state index >= 15 is 0 Å². The number of benzene rings is 1. The van der Waals surface area contributed by atoms with Crippen molar-refractivity contribution in [3.05, 3.63) is 45.5 Å². The van der Waals surface area contributed by atoms with Gasteiger partial charge in [0, 0.05) is 22.7 Å². The number of H-pyrrole nitrogens is 1. The van der Waals surface area contributed by atoms with E-state index in [2.05, 4.69) is 4.98 Å². The van der Waals surface area contributed by atoms with E-state index in [0.717, 1.165) is 18.5 Å². The zero-order valence-corrected chi connectivity index (χ0v) is 10.4. The van der Waals surface area contributed by atoms with Gasteiger partial charge in [-0.1, -0.05) is 12.8 Å². The third-order valence-corrected chi connectivity index (χ3v) is 4.02.